The molecule has 5 nitrogen and oxygen atoms in total. The molecule has 1 unspecified atom stereocenters. The van der Waals surface area contributed by atoms with Crippen molar-refractivity contribution in [1.82, 2.24) is 10.3 Å². The van der Waals surface area contributed by atoms with Crippen LogP contribution in [-0.4, -0.2) is 32.2 Å². The number of aromatic nitrogens is 1. The van der Waals surface area contributed by atoms with Gasteiger partial charge in [-0.2, -0.15) is 0 Å². The van der Waals surface area contributed by atoms with Crippen LogP contribution in [0.1, 0.15) is 18.5 Å². The fourth-order valence-corrected chi connectivity index (χ4v) is 3.68. The van der Waals surface area contributed by atoms with Crippen molar-refractivity contribution in [1.29, 1.82) is 0 Å². The lowest BCUT2D eigenvalue weighted by molar-refractivity contribution is 0.404. The van der Waals surface area contributed by atoms with Gasteiger partial charge in [0.2, 0.25) is 10.0 Å². The maximum absolute atomic E-state index is 12.0. The molecule has 1 fully saturated rings. The molecule has 1 aromatic rings. The van der Waals surface area contributed by atoms with Gasteiger partial charge in [-0.15, -0.1) is 0 Å². The van der Waals surface area contributed by atoms with Gasteiger partial charge in [0.1, 0.15) is 0 Å². The van der Waals surface area contributed by atoms with Crippen molar-refractivity contribution in [2.75, 3.05) is 23.6 Å². The minimum atomic E-state index is -3.27. The second-order valence-electron chi connectivity index (χ2n) is 4.78. The minimum Gasteiger partial charge on any atom is -0.316 e. The van der Waals surface area contributed by atoms with Gasteiger partial charge in [-0.1, -0.05) is 0 Å². The SMILES string of the molecule is Cc1cc(NS(=O)(=O)CC2CCCNC2)ccn1. The van der Waals surface area contributed by atoms with Gasteiger partial charge in [-0.3, -0.25) is 9.71 Å². The van der Waals surface area contributed by atoms with Crippen LogP contribution in [0.5, 0.6) is 0 Å². The fraction of sp³-hybridized carbons (Fsp3) is 0.583. The lowest BCUT2D eigenvalue weighted by atomic mass is 10.0. The molecule has 100 valence electrons. The van der Waals surface area contributed by atoms with Crippen LogP contribution in [0.25, 0.3) is 0 Å². The van der Waals surface area contributed by atoms with E-state index in [9.17, 15) is 8.42 Å². The van der Waals surface area contributed by atoms with Crippen LogP contribution in [0, 0.1) is 12.8 Å². The molecule has 0 bridgehead atoms. The second-order valence-corrected chi connectivity index (χ2v) is 6.55. The highest BCUT2D eigenvalue weighted by atomic mass is 32.2. The Morgan fingerprint density at radius 2 is 2.39 bits per heavy atom. The molecule has 0 amide bonds. The lowest BCUT2D eigenvalue weighted by Gasteiger charge is -2.22. The molecule has 1 aliphatic heterocycles. The van der Waals surface area contributed by atoms with Crippen LogP contribution in [0.4, 0.5) is 5.69 Å². The summed E-state index contributed by atoms with van der Waals surface area (Å²) in [5.41, 5.74) is 1.39. The molecule has 1 saturated heterocycles. The summed E-state index contributed by atoms with van der Waals surface area (Å²) in [7, 11) is -3.27. The molecule has 2 heterocycles. The van der Waals surface area contributed by atoms with Crippen LogP contribution in [-0.2, 0) is 10.0 Å². The summed E-state index contributed by atoms with van der Waals surface area (Å²) in [6.07, 6.45) is 3.63. The molecule has 18 heavy (non-hydrogen) atoms. The zero-order valence-corrected chi connectivity index (χ0v) is 11.3. The summed E-state index contributed by atoms with van der Waals surface area (Å²) < 4.78 is 26.7. The Labute approximate surface area is 108 Å². The van der Waals surface area contributed by atoms with E-state index in [1.54, 1.807) is 18.3 Å². The Balaban J connectivity index is 1.98. The van der Waals surface area contributed by atoms with E-state index < -0.39 is 10.0 Å². The minimum absolute atomic E-state index is 0.182. The van der Waals surface area contributed by atoms with Gasteiger partial charge in [0.05, 0.1) is 11.4 Å². The van der Waals surface area contributed by atoms with Gasteiger partial charge in [-0.25, -0.2) is 8.42 Å². The largest absolute Gasteiger partial charge is 0.316 e. The number of sulfonamides is 1. The van der Waals surface area contributed by atoms with Crippen LogP contribution in [0.3, 0.4) is 0 Å². The van der Waals surface area contributed by atoms with Crippen molar-refractivity contribution < 1.29 is 8.42 Å². The van der Waals surface area contributed by atoms with E-state index in [1.165, 1.54) is 0 Å². The van der Waals surface area contributed by atoms with E-state index in [4.69, 9.17) is 0 Å². The third-order valence-corrected chi connectivity index (χ3v) is 4.48. The average molecular weight is 269 g/mol. The fourth-order valence-electron chi connectivity index (χ4n) is 2.21. The summed E-state index contributed by atoms with van der Waals surface area (Å²) in [6, 6.07) is 3.40. The van der Waals surface area contributed by atoms with E-state index >= 15 is 0 Å². The van der Waals surface area contributed by atoms with Crippen molar-refractivity contribution in [3.8, 4) is 0 Å². The number of nitrogens with one attached hydrogen (secondary N) is 2. The molecule has 2 rings (SSSR count). The van der Waals surface area contributed by atoms with Crippen LogP contribution in [0.15, 0.2) is 18.3 Å². The molecule has 1 atom stereocenters. The summed E-state index contributed by atoms with van der Waals surface area (Å²) in [5, 5.41) is 3.23. The van der Waals surface area contributed by atoms with Gasteiger partial charge in [0.25, 0.3) is 0 Å². The third-order valence-electron chi connectivity index (χ3n) is 3.02. The Hall–Kier alpha value is -1.14. The molecule has 1 aromatic heterocycles. The number of aryl methyl sites for hydroxylation is 1. The first kappa shape index (κ1) is 13.3. The highest BCUT2D eigenvalue weighted by Gasteiger charge is 2.21. The Kier molecular flexibility index (Phi) is 4.19. The number of pyridine rings is 1. The third kappa shape index (κ3) is 3.96. The number of piperidine rings is 1. The van der Waals surface area contributed by atoms with Crippen molar-refractivity contribution in [2.45, 2.75) is 19.8 Å². The summed E-state index contributed by atoms with van der Waals surface area (Å²) in [5.74, 6) is 0.389. The predicted octanol–water partition coefficient (Wildman–Crippen LogP) is 1.13. The van der Waals surface area contributed by atoms with Gasteiger partial charge < -0.3 is 5.32 Å². The number of rotatable bonds is 4. The smallest absolute Gasteiger partial charge is 0.233 e. The lowest BCUT2D eigenvalue weighted by Crippen LogP contribution is -2.35. The highest BCUT2D eigenvalue weighted by molar-refractivity contribution is 7.92. The molecule has 2 N–H and O–H groups in total. The molecule has 6 heteroatoms. The molecular weight excluding hydrogens is 250 g/mol. The normalized spacial score (nSPS) is 20.6. The highest BCUT2D eigenvalue weighted by Crippen LogP contribution is 2.15. The number of anilines is 1. The quantitative estimate of drug-likeness (QED) is 0.859. The zero-order chi connectivity index (χ0) is 13.0. The summed E-state index contributed by atoms with van der Waals surface area (Å²) in [4.78, 5) is 4.04. The van der Waals surface area contributed by atoms with Gasteiger partial charge >= 0.3 is 0 Å². The molecule has 0 aliphatic carbocycles. The van der Waals surface area contributed by atoms with Crippen molar-refractivity contribution in [3.05, 3.63) is 24.0 Å². The van der Waals surface area contributed by atoms with Gasteiger partial charge in [0.15, 0.2) is 0 Å². The monoisotopic (exact) mass is 269 g/mol. The maximum atomic E-state index is 12.0. The summed E-state index contributed by atoms with van der Waals surface area (Å²) in [6.45, 7) is 3.62. The molecule has 0 saturated carbocycles. The first-order valence-corrected chi connectivity index (χ1v) is 7.84. The van der Waals surface area contributed by atoms with E-state index in [2.05, 4.69) is 15.0 Å². The van der Waals surface area contributed by atoms with Crippen molar-refractivity contribution >= 4 is 15.7 Å². The number of hydrogen-bond acceptors (Lipinski definition) is 4. The van der Waals surface area contributed by atoms with E-state index in [0.29, 0.717) is 5.69 Å². The van der Waals surface area contributed by atoms with E-state index in [0.717, 1.165) is 31.6 Å². The topological polar surface area (TPSA) is 71.1 Å². The number of nitrogens with zero attached hydrogens (tertiary/aromatic N) is 1. The van der Waals surface area contributed by atoms with Crippen molar-refractivity contribution in [2.24, 2.45) is 5.92 Å². The van der Waals surface area contributed by atoms with Gasteiger partial charge in [-0.05, 0) is 50.9 Å². The molecule has 0 aromatic carbocycles. The zero-order valence-electron chi connectivity index (χ0n) is 10.5. The van der Waals surface area contributed by atoms with Gasteiger partial charge in [0, 0.05) is 11.9 Å². The standard InChI is InChI=1S/C12H19N3O2S/c1-10-7-12(4-6-14-10)15-18(16,17)9-11-3-2-5-13-8-11/h4,6-7,11,13H,2-3,5,8-9H2,1H3,(H,14,15). The summed E-state index contributed by atoms with van der Waals surface area (Å²) >= 11 is 0. The van der Waals surface area contributed by atoms with E-state index in [1.807, 2.05) is 6.92 Å². The first-order chi connectivity index (χ1) is 8.55. The molecule has 0 spiro atoms. The van der Waals surface area contributed by atoms with Crippen LogP contribution < -0.4 is 10.0 Å². The van der Waals surface area contributed by atoms with Crippen LogP contribution in [0.2, 0.25) is 0 Å². The Morgan fingerprint density at radius 1 is 1.56 bits per heavy atom. The Bertz CT molecular complexity index is 496. The average Bonchev–Trinajstić information content (AvgIpc) is 2.28. The van der Waals surface area contributed by atoms with Crippen molar-refractivity contribution in [3.63, 3.8) is 0 Å². The molecule has 1 aliphatic rings. The number of hydrogen-bond donors (Lipinski definition) is 2. The first-order valence-electron chi connectivity index (χ1n) is 6.19. The molecule has 0 radical (unpaired) electrons. The molecular formula is C12H19N3O2S. The maximum Gasteiger partial charge on any atom is 0.233 e. The van der Waals surface area contributed by atoms with E-state index in [-0.39, 0.29) is 11.7 Å². The second kappa shape index (κ2) is 5.67. The predicted molar refractivity (Wildman–Crippen MR) is 72.0 cm³/mol. The van der Waals surface area contributed by atoms with Crippen LogP contribution >= 0.6 is 0 Å². The Morgan fingerprint density at radius 3 is 3.06 bits per heavy atom.